The highest BCUT2D eigenvalue weighted by Gasteiger charge is 2.21. The number of benzene rings is 1. The molecule has 18 heavy (non-hydrogen) atoms. The van der Waals surface area contributed by atoms with Gasteiger partial charge < -0.3 is 15.2 Å². The summed E-state index contributed by atoms with van der Waals surface area (Å²) in [6.45, 7) is 2.55. The quantitative estimate of drug-likeness (QED) is 0.873. The van der Waals surface area contributed by atoms with E-state index in [1.165, 1.54) is 12.1 Å². The number of hydrogen-bond acceptors (Lipinski definition) is 4. The van der Waals surface area contributed by atoms with Crippen molar-refractivity contribution < 1.29 is 13.9 Å². The molecule has 0 aliphatic carbocycles. The second-order valence-corrected chi connectivity index (χ2v) is 4.27. The second kappa shape index (κ2) is 5.71. The van der Waals surface area contributed by atoms with Crippen LogP contribution in [0.5, 0.6) is 5.75 Å². The van der Waals surface area contributed by atoms with Gasteiger partial charge in [-0.1, -0.05) is 6.92 Å². The van der Waals surface area contributed by atoms with Crippen molar-refractivity contribution in [1.82, 2.24) is 0 Å². The largest absolute Gasteiger partial charge is 0.490 e. The third-order valence-corrected chi connectivity index (χ3v) is 2.84. The summed E-state index contributed by atoms with van der Waals surface area (Å²) in [5, 5.41) is 0. The van der Waals surface area contributed by atoms with Gasteiger partial charge in [-0.25, -0.2) is 9.38 Å². The van der Waals surface area contributed by atoms with Crippen molar-refractivity contribution in [2.75, 3.05) is 6.61 Å². The molecule has 0 saturated heterocycles. The standard InChI is InChI=1S/C13H17FN2O2/c1-2-11(7-10-8-17-13(15)16-10)18-12-5-3-9(14)4-6-12/h3-6,10-11H,2,7-8H2,1H3,(H2,15,16)/t10?,11-/m0/s1. The van der Waals surface area contributed by atoms with E-state index in [1.54, 1.807) is 12.1 Å². The predicted molar refractivity (Wildman–Crippen MR) is 67.1 cm³/mol. The van der Waals surface area contributed by atoms with Gasteiger partial charge in [0.05, 0.1) is 6.04 Å². The van der Waals surface area contributed by atoms with E-state index in [0.717, 1.165) is 12.8 Å². The van der Waals surface area contributed by atoms with E-state index in [1.807, 2.05) is 6.92 Å². The third kappa shape index (κ3) is 3.35. The van der Waals surface area contributed by atoms with Crippen LogP contribution in [0.3, 0.4) is 0 Å². The lowest BCUT2D eigenvalue weighted by Gasteiger charge is -2.19. The molecule has 1 aliphatic heterocycles. The van der Waals surface area contributed by atoms with Gasteiger partial charge in [-0.3, -0.25) is 0 Å². The number of nitrogens with two attached hydrogens (primary N) is 1. The number of rotatable bonds is 5. The second-order valence-electron chi connectivity index (χ2n) is 4.27. The average Bonchev–Trinajstić information content (AvgIpc) is 2.77. The first-order valence-corrected chi connectivity index (χ1v) is 6.05. The van der Waals surface area contributed by atoms with Gasteiger partial charge in [0.1, 0.15) is 24.3 Å². The molecule has 5 heteroatoms. The number of halogens is 1. The molecule has 1 aromatic carbocycles. The lowest BCUT2D eigenvalue weighted by Crippen LogP contribution is -2.22. The molecule has 0 aromatic heterocycles. The van der Waals surface area contributed by atoms with Crippen LogP contribution in [0.15, 0.2) is 29.3 Å². The molecule has 98 valence electrons. The van der Waals surface area contributed by atoms with Gasteiger partial charge in [-0.15, -0.1) is 0 Å². The molecule has 1 unspecified atom stereocenters. The minimum absolute atomic E-state index is 0.0266. The van der Waals surface area contributed by atoms with Crippen molar-refractivity contribution in [2.24, 2.45) is 10.7 Å². The van der Waals surface area contributed by atoms with Crippen LogP contribution in [0.1, 0.15) is 19.8 Å². The maximum absolute atomic E-state index is 12.8. The Morgan fingerprint density at radius 1 is 1.50 bits per heavy atom. The average molecular weight is 252 g/mol. The number of amidine groups is 1. The van der Waals surface area contributed by atoms with Gasteiger partial charge >= 0.3 is 0 Å². The van der Waals surface area contributed by atoms with Gasteiger partial charge in [0.25, 0.3) is 6.02 Å². The van der Waals surface area contributed by atoms with Crippen LogP contribution in [-0.4, -0.2) is 24.8 Å². The highest BCUT2D eigenvalue weighted by molar-refractivity contribution is 5.73. The van der Waals surface area contributed by atoms with Crippen molar-refractivity contribution in [2.45, 2.75) is 31.9 Å². The minimum Gasteiger partial charge on any atom is -0.490 e. The summed E-state index contributed by atoms with van der Waals surface area (Å²) in [7, 11) is 0. The first kappa shape index (κ1) is 12.7. The van der Waals surface area contributed by atoms with E-state index in [4.69, 9.17) is 15.2 Å². The van der Waals surface area contributed by atoms with Gasteiger partial charge in [0, 0.05) is 6.42 Å². The predicted octanol–water partition coefficient (Wildman–Crippen LogP) is 2.09. The Balaban J connectivity index is 1.91. The lowest BCUT2D eigenvalue weighted by atomic mass is 10.1. The zero-order valence-corrected chi connectivity index (χ0v) is 10.3. The van der Waals surface area contributed by atoms with Crippen molar-refractivity contribution in [3.05, 3.63) is 30.1 Å². The van der Waals surface area contributed by atoms with Gasteiger partial charge in [-0.2, -0.15) is 0 Å². The van der Waals surface area contributed by atoms with Gasteiger partial charge in [0.2, 0.25) is 0 Å². The van der Waals surface area contributed by atoms with Crippen LogP contribution >= 0.6 is 0 Å². The van der Waals surface area contributed by atoms with Crippen molar-refractivity contribution in [1.29, 1.82) is 0 Å². The Kier molecular flexibility index (Phi) is 4.02. The maximum Gasteiger partial charge on any atom is 0.282 e. The van der Waals surface area contributed by atoms with E-state index >= 15 is 0 Å². The summed E-state index contributed by atoms with van der Waals surface area (Å²) in [6.07, 6.45) is 1.62. The number of nitrogens with zero attached hydrogens (tertiary/aromatic N) is 1. The van der Waals surface area contributed by atoms with Crippen molar-refractivity contribution >= 4 is 6.02 Å². The molecular weight excluding hydrogens is 235 g/mol. The fourth-order valence-electron chi connectivity index (χ4n) is 1.86. The first-order chi connectivity index (χ1) is 8.67. The molecule has 0 fully saturated rings. The monoisotopic (exact) mass is 252 g/mol. The highest BCUT2D eigenvalue weighted by atomic mass is 19.1. The minimum atomic E-state index is -0.267. The van der Waals surface area contributed by atoms with Crippen LogP contribution in [0.4, 0.5) is 4.39 Å². The molecule has 0 amide bonds. The normalized spacial score (nSPS) is 20.1. The number of hydrogen-bond donors (Lipinski definition) is 1. The summed E-state index contributed by atoms with van der Waals surface area (Å²) < 4.78 is 23.7. The third-order valence-electron chi connectivity index (χ3n) is 2.84. The van der Waals surface area contributed by atoms with Gasteiger partial charge in [0.15, 0.2) is 0 Å². The zero-order valence-electron chi connectivity index (χ0n) is 10.3. The fourth-order valence-corrected chi connectivity index (χ4v) is 1.86. The number of ether oxygens (including phenoxy) is 2. The maximum atomic E-state index is 12.8. The van der Waals surface area contributed by atoms with Crippen molar-refractivity contribution in [3.63, 3.8) is 0 Å². The molecule has 0 radical (unpaired) electrons. The van der Waals surface area contributed by atoms with E-state index in [2.05, 4.69) is 4.99 Å². The SMILES string of the molecule is CC[C@@H](CC1COC(N)=N1)Oc1ccc(F)cc1. The molecule has 2 rings (SSSR count). The van der Waals surface area contributed by atoms with E-state index in [-0.39, 0.29) is 24.0 Å². The van der Waals surface area contributed by atoms with Crippen molar-refractivity contribution in [3.8, 4) is 5.75 Å². The number of aliphatic imine (C=N–C) groups is 1. The molecule has 2 atom stereocenters. The molecule has 0 bridgehead atoms. The van der Waals surface area contributed by atoms with E-state index in [0.29, 0.717) is 12.4 Å². The lowest BCUT2D eigenvalue weighted by molar-refractivity contribution is 0.168. The van der Waals surface area contributed by atoms with Crippen LogP contribution < -0.4 is 10.5 Å². The Morgan fingerprint density at radius 2 is 2.22 bits per heavy atom. The Hall–Kier alpha value is -1.78. The summed E-state index contributed by atoms with van der Waals surface area (Å²) in [5.74, 6) is 0.399. The van der Waals surface area contributed by atoms with E-state index in [9.17, 15) is 4.39 Å². The molecule has 4 nitrogen and oxygen atoms in total. The molecule has 2 N–H and O–H groups in total. The molecule has 1 aromatic rings. The van der Waals surface area contributed by atoms with Crippen LogP contribution in [0.25, 0.3) is 0 Å². The van der Waals surface area contributed by atoms with Crippen LogP contribution in [0.2, 0.25) is 0 Å². The zero-order chi connectivity index (χ0) is 13.0. The summed E-state index contributed by atoms with van der Waals surface area (Å²) in [4.78, 5) is 4.16. The summed E-state index contributed by atoms with van der Waals surface area (Å²) in [5.41, 5.74) is 5.46. The Morgan fingerprint density at radius 3 is 2.78 bits per heavy atom. The van der Waals surface area contributed by atoms with Crippen LogP contribution in [-0.2, 0) is 4.74 Å². The fraction of sp³-hybridized carbons (Fsp3) is 0.462. The molecule has 1 aliphatic rings. The topological polar surface area (TPSA) is 56.8 Å². The molecule has 1 heterocycles. The first-order valence-electron chi connectivity index (χ1n) is 6.05. The molecular formula is C13H17FN2O2. The molecule has 0 spiro atoms. The smallest absolute Gasteiger partial charge is 0.282 e. The van der Waals surface area contributed by atoms with Crippen LogP contribution in [0, 0.1) is 5.82 Å². The van der Waals surface area contributed by atoms with E-state index < -0.39 is 0 Å². The summed E-state index contributed by atoms with van der Waals surface area (Å²) >= 11 is 0. The summed E-state index contributed by atoms with van der Waals surface area (Å²) in [6, 6.07) is 6.32. The molecule has 0 saturated carbocycles. The van der Waals surface area contributed by atoms with Gasteiger partial charge in [-0.05, 0) is 30.7 Å². The highest BCUT2D eigenvalue weighted by Crippen LogP contribution is 2.19. The Bertz CT molecular complexity index is 420. The Labute approximate surface area is 106 Å².